The highest BCUT2D eigenvalue weighted by atomic mass is 32.1. The number of anilines is 1. The van der Waals surface area contributed by atoms with Gasteiger partial charge in [-0.05, 0) is 41.7 Å². The van der Waals surface area contributed by atoms with Crippen LogP contribution in [0.2, 0.25) is 0 Å². The van der Waals surface area contributed by atoms with Crippen LogP contribution in [0.1, 0.15) is 21.5 Å². The Kier molecular flexibility index (Phi) is 5.12. The van der Waals surface area contributed by atoms with Gasteiger partial charge in [0.25, 0.3) is 5.91 Å². The minimum atomic E-state index is -0.434. The molecule has 28 heavy (non-hydrogen) atoms. The molecule has 0 unspecified atom stereocenters. The first-order chi connectivity index (χ1) is 13.7. The molecule has 142 valence electrons. The molecule has 0 spiro atoms. The molecule has 4 rings (SSSR count). The summed E-state index contributed by atoms with van der Waals surface area (Å²) in [6.45, 7) is -0.135. The minimum Gasteiger partial charge on any atom is -0.484 e. The monoisotopic (exact) mass is 393 g/mol. The van der Waals surface area contributed by atoms with Crippen LogP contribution in [-0.2, 0) is 22.4 Å². The Labute approximate surface area is 166 Å². The molecule has 0 saturated carbocycles. The van der Waals surface area contributed by atoms with Crippen LogP contribution in [0.3, 0.4) is 0 Å². The molecule has 0 radical (unpaired) electrons. The number of thiophene rings is 1. The zero-order chi connectivity index (χ0) is 19.5. The van der Waals surface area contributed by atoms with Crippen LogP contribution < -0.4 is 10.1 Å². The van der Waals surface area contributed by atoms with Gasteiger partial charge in [-0.15, -0.1) is 11.3 Å². The second-order valence-corrected chi connectivity index (χ2v) is 7.43. The van der Waals surface area contributed by atoms with Gasteiger partial charge in [-0.2, -0.15) is 0 Å². The Balaban J connectivity index is 1.61. The number of hydrogen-bond donors (Lipinski definition) is 1. The van der Waals surface area contributed by atoms with Crippen molar-refractivity contribution in [1.29, 1.82) is 0 Å². The summed E-state index contributed by atoms with van der Waals surface area (Å²) >= 11 is 1.41. The normalized spacial score (nSPS) is 11.9. The summed E-state index contributed by atoms with van der Waals surface area (Å²) in [4.78, 5) is 25.9. The summed E-state index contributed by atoms with van der Waals surface area (Å²) in [5, 5.41) is 3.35. The van der Waals surface area contributed by atoms with Crippen molar-refractivity contribution in [2.75, 3.05) is 19.0 Å². The first-order valence-electron chi connectivity index (χ1n) is 8.97. The Morgan fingerprint density at radius 2 is 1.79 bits per heavy atom. The van der Waals surface area contributed by atoms with E-state index in [-0.39, 0.29) is 12.5 Å². The fourth-order valence-corrected chi connectivity index (χ4v) is 4.69. The molecular weight excluding hydrogens is 374 g/mol. The number of carbonyl (C=O) groups is 2. The van der Waals surface area contributed by atoms with E-state index < -0.39 is 5.97 Å². The number of amides is 1. The largest absolute Gasteiger partial charge is 0.484 e. The summed E-state index contributed by atoms with van der Waals surface area (Å²) in [6, 6.07) is 17.3. The number of rotatable bonds is 5. The molecule has 1 aromatic heterocycles. The maximum absolute atomic E-state index is 12.4. The first-order valence-corrected chi connectivity index (χ1v) is 9.79. The molecule has 0 fully saturated rings. The first kappa shape index (κ1) is 18.3. The van der Waals surface area contributed by atoms with E-state index in [0.29, 0.717) is 16.3 Å². The highest BCUT2D eigenvalue weighted by Crippen LogP contribution is 2.45. The van der Waals surface area contributed by atoms with Crippen LogP contribution >= 0.6 is 11.3 Å². The lowest BCUT2D eigenvalue weighted by molar-refractivity contribution is -0.118. The standard InChI is InChI=1S/C22H19NO4S/c1-26-22(25)19-17-12-11-14-7-5-6-10-16(14)20(17)28-21(19)23-18(24)13-27-15-8-3-2-4-9-15/h2-10H,11-13H2,1H3,(H,23,24). The lowest BCUT2D eigenvalue weighted by Crippen LogP contribution is -2.21. The van der Waals surface area contributed by atoms with E-state index in [4.69, 9.17) is 9.47 Å². The predicted octanol–water partition coefficient (Wildman–Crippen LogP) is 4.32. The van der Waals surface area contributed by atoms with Crippen LogP contribution in [0.5, 0.6) is 5.75 Å². The molecule has 1 N–H and O–H groups in total. The number of hydrogen-bond acceptors (Lipinski definition) is 5. The maximum atomic E-state index is 12.4. The van der Waals surface area contributed by atoms with Crippen molar-refractivity contribution >= 4 is 28.2 Å². The third-order valence-corrected chi connectivity index (χ3v) is 5.85. The van der Waals surface area contributed by atoms with Crippen molar-refractivity contribution in [2.24, 2.45) is 0 Å². The molecule has 1 heterocycles. The van der Waals surface area contributed by atoms with Crippen LogP contribution in [-0.4, -0.2) is 25.6 Å². The number of nitrogens with one attached hydrogen (secondary N) is 1. The summed E-state index contributed by atoms with van der Waals surface area (Å²) in [7, 11) is 1.35. The Bertz CT molecular complexity index is 1030. The molecule has 6 heteroatoms. The number of para-hydroxylation sites is 1. The number of methoxy groups -OCH3 is 1. The fraction of sp³-hybridized carbons (Fsp3) is 0.182. The van der Waals surface area contributed by atoms with Crippen LogP contribution in [0.15, 0.2) is 54.6 Å². The smallest absolute Gasteiger partial charge is 0.341 e. The summed E-state index contributed by atoms with van der Waals surface area (Å²) < 4.78 is 10.5. The van der Waals surface area contributed by atoms with Crippen LogP contribution in [0.25, 0.3) is 10.4 Å². The van der Waals surface area contributed by atoms with Gasteiger partial charge in [-0.25, -0.2) is 4.79 Å². The molecule has 1 aliphatic rings. The molecule has 1 aliphatic carbocycles. The van der Waals surface area contributed by atoms with E-state index >= 15 is 0 Å². The van der Waals surface area contributed by atoms with Crippen molar-refractivity contribution in [3.63, 3.8) is 0 Å². The minimum absolute atomic E-state index is 0.135. The molecule has 2 aromatic carbocycles. The molecule has 0 aliphatic heterocycles. The van der Waals surface area contributed by atoms with Gasteiger partial charge >= 0.3 is 5.97 Å². The van der Waals surface area contributed by atoms with Gasteiger partial charge in [0.1, 0.15) is 10.8 Å². The Morgan fingerprint density at radius 1 is 1.04 bits per heavy atom. The van der Waals surface area contributed by atoms with Crippen LogP contribution in [0, 0.1) is 0 Å². The topological polar surface area (TPSA) is 64.6 Å². The van der Waals surface area contributed by atoms with Gasteiger partial charge in [-0.3, -0.25) is 4.79 Å². The zero-order valence-corrected chi connectivity index (χ0v) is 16.2. The second kappa shape index (κ2) is 7.86. The van der Waals surface area contributed by atoms with Crippen molar-refractivity contribution < 1.29 is 19.1 Å². The number of aryl methyl sites for hydroxylation is 1. The quantitative estimate of drug-likeness (QED) is 0.656. The highest BCUT2D eigenvalue weighted by Gasteiger charge is 2.29. The molecular formula is C22H19NO4S. The maximum Gasteiger partial charge on any atom is 0.341 e. The Hall–Kier alpha value is -3.12. The van der Waals surface area contributed by atoms with Gasteiger partial charge in [0.15, 0.2) is 6.61 Å². The van der Waals surface area contributed by atoms with E-state index in [1.54, 1.807) is 12.1 Å². The van der Waals surface area contributed by atoms with Gasteiger partial charge in [0, 0.05) is 4.88 Å². The molecule has 5 nitrogen and oxygen atoms in total. The molecule has 0 atom stereocenters. The number of carbonyl (C=O) groups excluding carboxylic acids is 2. The van der Waals surface area contributed by atoms with Gasteiger partial charge < -0.3 is 14.8 Å². The SMILES string of the molecule is COC(=O)c1c(NC(=O)COc2ccccc2)sc2c1CCc1ccccc1-2. The predicted molar refractivity (Wildman–Crippen MR) is 109 cm³/mol. The van der Waals surface area contributed by atoms with Crippen molar-refractivity contribution in [1.82, 2.24) is 0 Å². The number of esters is 1. The second-order valence-electron chi connectivity index (χ2n) is 6.41. The van der Waals surface area contributed by atoms with E-state index in [1.807, 2.05) is 30.3 Å². The van der Waals surface area contributed by atoms with Crippen molar-refractivity contribution in [2.45, 2.75) is 12.8 Å². The van der Waals surface area contributed by atoms with E-state index in [0.717, 1.165) is 28.8 Å². The number of benzene rings is 2. The van der Waals surface area contributed by atoms with E-state index in [9.17, 15) is 9.59 Å². The molecule has 0 saturated heterocycles. The highest BCUT2D eigenvalue weighted by molar-refractivity contribution is 7.20. The average molecular weight is 393 g/mol. The average Bonchev–Trinajstić information content (AvgIpc) is 3.10. The number of ether oxygens (including phenoxy) is 2. The van der Waals surface area contributed by atoms with Crippen molar-refractivity contribution in [3.05, 3.63) is 71.3 Å². The van der Waals surface area contributed by atoms with Gasteiger partial charge in [0.2, 0.25) is 0 Å². The molecule has 1 amide bonds. The third-order valence-electron chi connectivity index (χ3n) is 4.67. The molecule has 0 bridgehead atoms. The lowest BCUT2D eigenvalue weighted by Gasteiger charge is -2.16. The fourth-order valence-electron chi connectivity index (χ4n) is 3.38. The summed E-state index contributed by atoms with van der Waals surface area (Å²) in [6.07, 6.45) is 1.60. The zero-order valence-electron chi connectivity index (χ0n) is 15.4. The summed E-state index contributed by atoms with van der Waals surface area (Å²) in [5.74, 6) is -0.137. The van der Waals surface area contributed by atoms with Crippen molar-refractivity contribution in [3.8, 4) is 16.2 Å². The van der Waals surface area contributed by atoms with Crippen LogP contribution in [0.4, 0.5) is 5.00 Å². The van der Waals surface area contributed by atoms with E-state index in [2.05, 4.69) is 17.4 Å². The summed E-state index contributed by atoms with van der Waals surface area (Å²) in [5.41, 5.74) is 3.75. The lowest BCUT2D eigenvalue weighted by atomic mass is 9.89. The third kappa shape index (κ3) is 3.51. The number of fused-ring (bicyclic) bond motifs is 3. The van der Waals surface area contributed by atoms with E-state index in [1.165, 1.54) is 24.0 Å². The Morgan fingerprint density at radius 3 is 2.57 bits per heavy atom. The van der Waals surface area contributed by atoms with Gasteiger partial charge in [0.05, 0.1) is 12.7 Å². The molecule has 3 aromatic rings. The van der Waals surface area contributed by atoms with Gasteiger partial charge in [-0.1, -0.05) is 42.5 Å².